The summed E-state index contributed by atoms with van der Waals surface area (Å²) in [5.41, 5.74) is 0. The minimum absolute atomic E-state index is 2.12. The van der Waals surface area contributed by atoms with Gasteiger partial charge in [-0.2, -0.15) is 0 Å². The molecule has 0 aliphatic heterocycles. The molecule has 0 radical (unpaired) electrons. The molecule has 1 saturated carbocycles. The van der Waals surface area contributed by atoms with Gasteiger partial charge in [0.05, 0.1) is 0 Å². The van der Waals surface area contributed by atoms with Crippen molar-refractivity contribution in [3.8, 4) is 0 Å². The quantitative estimate of drug-likeness (QED) is 0.0153. The van der Waals surface area contributed by atoms with Gasteiger partial charge in [0, 0.05) is 0 Å². The SMILES string of the molecule is O=P(OOOOOOOOOOOOOOO)(OOOOOOOOOOOOOOOO)O[C@H]1C(O)C(O)[C@@H](O)[C@@H](O)C1O. The third-order valence-corrected chi connectivity index (χ3v) is 4.26. The molecule has 38 nitrogen and oxygen atoms in total. The molecule has 0 aromatic rings. The van der Waals surface area contributed by atoms with Gasteiger partial charge in [-0.3, -0.25) is 4.52 Å². The largest absolute Gasteiger partial charge is 0.534 e. The highest BCUT2D eigenvalue weighted by Crippen LogP contribution is 2.52. The van der Waals surface area contributed by atoms with E-state index < -0.39 is 44.4 Å². The van der Waals surface area contributed by atoms with Crippen molar-refractivity contribution in [3.63, 3.8) is 0 Å². The van der Waals surface area contributed by atoms with Crippen LogP contribution in [-0.4, -0.2) is 72.7 Å². The monoisotopic (exact) mass is 724 g/mol. The van der Waals surface area contributed by atoms with Crippen LogP contribution in [0.2, 0.25) is 0 Å². The van der Waals surface area contributed by atoms with Crippen molar-refractivity contribution in [1.29, 1.82) is 0 Å². The van der Waals surface area contributed by atoms with Crippen LogP contribution in [0.1, 0.15) is 0 Å². The van der Waals surface area contributed by atoms with Gasteiger partial charge in [-0.1, -0.05) is 9.35 Å². The summed E-state index contributed by atoms with van der Waals surface area (Å²) in [5.74, 6) is 0. The van der Waals surface area contributed by atoms with Crippen molar-refractivity contribution < 1.29 is 191 Å². The van der Waals surface area contributed by atoms with Gasteiger partial charge in [0.15, 0.2) is 0 Å². The van der Waals surface area contributed by atoms with E-state index in [1.54, 1.807) is 0 Å². The minimum atomic E-state index is -5.59. The first-order chi connectivity index (χ1) is 21.8. The molecule has 0 amide bonds. The summed E-state index contributed by atoms with van der Waals surface area (Å²) in [6.45, 7) is 0. The minimum Gasteiger partial charge on any atom is -0.387 e. The summed E-state index contributed by atoms with van der Waals surface area (Å²) in [7, 11) is -5.59. The molecule has 1 aliphatic rings. The van der Waals surface area contributed by atoms with Gasteiger partial charge < -0.3 is 25.5 Å². The molecule has 0 bridgehead atoms. The van der Waals surface area contributed by atoms with Crippen molar-refractivity contribution in [1.82, 2.24) is 0 Å². The van der Waals surface area contributed by atoms with E-state index in [1.165, 1.54) is 0 Å². The molecule has 1 rings (SSSR count). The molecule has 0 heterocycles. The highest BCUT2D eigenvalue weighted by atomic mass is 31.2. The summed E-state index contributed by atoms with van der Waals surface area (Å²) >= 11 is 0. The molecule has 4 unspecified atom stereocenters. The summed E-state index contributed by atoms with van der Waals surface area (Å²) in [4.78, 5) is 0. The van der Waals surface area contributed by atoms with Gasteiger partial charge in [0.2, 0.25) is 0 Å². The molecule has 45 heavy (non-hydrogen) atoms. The summed E-state index contributed by atoms with van der Waals surface area (Å²) in [6.07, 6.45) is -13.5. The van der Waals surface area contributed by atoms with Crippen molar-refractivity contribution in [2.45, 2.75) is 36.6 Å². The van der Waals surface area contributed by atoms with E-state index >= 15 is 0 Å². The molecule has 0 saturated heterocycles. The third-order valence-electron chi connectivity index (χ3n) is 3.27. The molecule has 0 spiro atoms. The number of hydrogen-bond donors (Lipinski definition) is 7. The highest BCUT2D eigenvalue weighted by molar-refractivity contribution is 7.48. The Balaban J connectivity index is 2.37. The van der Waals surface area contributed by atoms with E-state index in [0.717, 1.165) is 0 Å². The molecule has 1 fully saturated rings. The van der Waals surface area contributed by atoms with Crippen LogP contribution in [0.3, 0.4) is 0 Å². The van der Waals surface area contributed by atoms with Crippen LogP contribution in [0.15, 0.2) is 0 Å². The fourth-order valence-electron chi connectivity index (χ4n) is 1.88. The lowest BCUT2D eigenvalue weighted by Gasteiger charge is -2.41. The molecular weight excluding hydrogens is 711 g/mol. The Morgan fingerprint density at radius 2 is 0.556 bits per heavy atom. The van der Waals surface area contributed by atoms with E-state index in [1.807, 2.05) is 0 Å². The summed E-state index contributed by atoms with van der Waals surface area (Å²) in [5, 5.41) is 157. The molecular formula is C6H13O38P. The third kappa shape index (κ3) is 19.2. The maximum Gasteiger partial charge on any atom is 0.534 e. The second-order valence-corrected chi connectivity index (χ2v) is 6.87. The Morgan fingerprint density at radius 3 is 0.822 bits per heavy atom. The number of rotatable bonds is 31. The number of aliphatic hydroxyl groups excluding tert-OH is 5. The Morgan fingerprint density at radius 1 is 0.333 bits per heavy atom. The average molecular weight is 724 g/mol. The van der Waals surface area contributed by atoms with Gasteiger partial charge >= 0.3 is 7.82 Å². The first kappa shape index (κ1) is 41.8. The Hall–Kier alpha value is -1.25. The number of aliphatic hydroxyl groups is 5. The zero-order chi connectivity index (χ0) is 33.2. The van der Waals surface area contributed by atoms with Crippen LogP contribution >= 0.6 is 7.82 Å². The van der Waals surface area contributed by atoms with Crippen molar-refractivity contribution in [3.05, 3.63) is 0 Å². The molecule has 0 aromatic heterocycles. The molecule has 7 atom stereocenters. The summed E-state index contributed by atoms with van der Waals surface area (Å²) in [6, 6.07) is 0. The predicted molar refractivity (Wildman–Crippen MR) is 79.2 cm³/mol. The maximum atomic E-state index is 12.6. The lowest BCUT2D eigenvalue weighted by molar-refractivity contribution is -0.882. The van der Waals surface area contributed by atoms with E-state index in [-0.39, 0.29) is 0 Å². The lowest BCUT2D eigenvalue weighted by atomic mass is 9.85. The molecule has 0 aromatic carbocycles. The number of phosphoric acid groups is 1. The first-order valence-corrected chi connectivity index (χ1v) is 10.6. The number of hydrogen-bond acceptors (Lipinski definition) is 38. The molecule has 1 aliphatic carbocycles. The second kappa shape index (κ2) is 26.8. The zero-order valence-electron chi connectivity index (χ0n) is 19.7. The smallest absolute Gasteiger partial charge is 0.387 e. The van der Waals surface area contributed by atoms with Gasteiger partial charge in [-0.05, 0) is 136 Å². The van der Waals surface area contributed by atoms with Gasteiger partial charge in [0.1, 0.15) is 36.6 Å². The fourth-order valence-corrected chi connectivity index (χ4v) is 2.72. The van der Waals surface area contributed by atoms with Crippen LogP contribution in [-0.2, 0) is 154 Å². The van der Waals surface area contributed by atoms with Crippen LogP contribution < -0.4 is 0 Å². The van der Waals surface area contributed by atoms with Crippen LogP contribution in [0.5, 0.6) is 0 Å². The first-order valence-electron chi connectivity index (χ1n) is 9.12. The van der Waals surface area contributed by atoms with Crippen molar-refractivity contribution in [2.75, 3.05) is 0 Å². The molecule has 39 heteroatoms. The average Bonchev–Trinajstić information content (AvgIpc) is 3.03. The maximum absolute atomic E-state index is 12.6. The van der Waals surface area contributed by atoms with Crippen LogP contribution in [0, 0.1) is 0 Å². The van der Waals surface area contributed by atoms with Gasteiger partial charge in [0.25, 0.3) is 0 Å². The Bertz CT molecular complexity index is 690. The van der Waals surface area contributed by atoms with Gasteiger partial charge in [-0.25, -0.2) is 15.1 Å². The zero-order valence-corrected chi connectivity index (χ0v) is 20.6. The topological polar surface area (TPSA) is 436 Å². The van der Waals surface area contributed by atoms with E-state index in [4.69, 9.17) is 10.5 Å². The molecule has 270 valence electrons. The van der Waals surface area contributed by atoms with Gasteiger partial charge in [-0.15, -0.1) is 0 Å². The predicted octanol–water partition coefficient (Wildman–Crippen LogP) is -4.57. The van der Waals surface area contributed by atoms with E-state index in [2.05, 4.69) is 150 Å². The lowest BCUT2D eigenvalue weighted by Crippen LogP contribution is -2.64. The van der Waals surface area contributed by atoms with Crippen molar-refractivity contribution >= 4 is 7.82 Å². The Labute approximate surface area is 236 Å². The van der Waals surface area contributed by atoms with E-state index in [9.17, 15) is 30.1 Å². The standard InChI is InChI=1S/C6H13O38P/c7-1-2(8)4(10)6(5(11)3(1)9)15-45(14,43-41-39-37-35-33-31-29-27-25-23-21-19-17-13)44-42-40-38-36-34-32-30-28-26-24-22-20-18-16-12/h1-13H/t1-,2+,3?,4?,5?,6+,45?/m0/s1. The highest BCUT2D eigenvalue weighted by Gasteiger charge is 2.52. The van der Waals surface area contributed by atoms with Crippen LogP contribution in [0.4, 0.5) is 0 Å². The Kier molecular flexibility index (Phi) is 24.9. The van der Waals surface area contributed by atoms with Crippen molar-refractivity contribution in [2.24, 2.45) is 0 Å². The molecule has 7 N–H and O–H groups in total. The normalized spacial score (nSPS) is 25.0. The van der Waals surface area contributed by atoms with Crippen LogP contribution in [0.25, 0.3) is 0 Å². The second-order valence-electron chi connectivity index (χ2n) is 5.47. The summed E-state index contributed by atoms with van der Waals surface area (Å²) < 4.78 is 25.1. The fraction of sp³-hybridized carbons (Fsp3) is 1.00. The van der Waals surface area contributed by atoms with E-state index in [0.29, 0.717) is 0 Å².